The van der Waals surface area contributed by atoms with Crippen molar-refractivity contribution in [3.63, 3.8) is 0 Å². The molecule has 1 aromatic carbocycles. The molecule has 0 aromatic heterocycles. The minimum atomic E-state index is -5.08. The summed E-state index contributed by atoms with van der Waals surface area (Å²) in [4.78, 5) is 29.8. The topological polar surface area (TPSA) is 88.5 Å². The second-order valence-electron chi connectivity index (χ2n) is 7.82. The summed E-state index contributed by atoms with van der Waals surface area (Å²) in [6.07, 6.45) is -2.09. The van der Waals surface area contributed by atoms with Crippen LogP contribution in [-0.2, 0) is 25.7 Å². The fraction of sp³-hybridized carbons (Fsp3) is 0.619. The molecule has 3 aliphatic heterocycles. The Balaban J connectivity index is 0.000000360. The summed E-state index contributed by atoms with van der Waals surface area (Å²) in [5.41, 5.74) is 1.15. The quantitative estimate of drug-likeness (QED) is 0.739. The van der Waals surface area contributed by atoms with Gasteiger partial charge in [-0.3, -0.25) is 14.5 Å². The number of hydrogen-bond acceptors (Lipinski definition) is 6. The zero-order chi connectivity index (χ0) is 23.3. The maximum Gasteiger partial charge on any atom is 0.490 e. The summed E-state index contributed by atoms with van der Waals surface area (Å²) in [6, 6.07) is 8.38. The second-order valence-corrected chi connectivity index (χ2v) is 7.82. The number of nitrogens with zero attached hydrogens (tertiary/aromatic N) is 2. The molecule has 11 heteroatoms. The molecule has 1 aromatic rings. The summed E-state index contributed by atoms with van der Waals surface area (Å²) < 4.78 is 43.2. The van der Waals surface area contributed by atoms with E-state index in [1.54, 1.807) is 12.2 Å². The average molecular weight is 460 g/mol. The fourth-order valence-electron chi connectivity index (χ4n) is 4.28. The van der Waals surface area contributed by atoms with Crippen LogP contribution in [0.3, 0.4) is 0 Å². The van der Waals surface area contributed by atoms with Crippen molar-refractivity contribution in [3.05, 3.63) is 29.8 Å². The average Bonchev–Trinajstić information content (AvgIpc) is 3.38. The Morgan fingerprint density at radius 2 is 1.94 bits per heavy atom. The van der Waals surface area contributed by atoms with Gasteiger partial charge < -0.3 is 14.6 Å². The first-order valence-electron chi connectivity index (χ1n) is 10.4. The Morgan fingerprint density at radius 1 is 1.22 bits per heavy atom. The number of aliphatic carboxylic acids is 1. The Bertz CT molecular complexity index is 800. The van der Waals surface area contributed by atoms with Crippen molar-refractivity contribution >= 4 is 11.9 Å². The lowest BCUT2D eigenvalue weighted by molar-refractivity contribution is -0.203. The molecule has 1 amide bonds. The largest absolute Gasteiger partial charge is 0.496 e. The number of carbonyl (C=O) groups is 2. The number of alkyl halides is 3. The first kappa shape index (κ1) is 24.3. The summed E-state index contributed by atoms with van der Waals surface area (Å²) in [6.45, 7) is 3.55. The van der Waals surface area contributed by atoms with Gasteiger partial charge in [0.2, 0.25) is 0 Å². The van der Waals surface area contributed by atoms with Crippen molar-refractivity contribution in [3.8, 4) is 5.75 Å². The molecule has 3 atom stereocenters. The van der Waals surface area contributed by atoms with E-state index >= 15 is 0 Å². The maximum atomic E-state index is 12.9. The Kier molecular flexibility index (Phi) is 7.96. The first-order chi connectivity index (χ1) is 15.2. The molecule has 3 heterocycles. The van der Waals surface area contributed by atoms with Crippen molar-refractivity contribution < 1.29 is 42.2 Å². The lowest BCUT2D eigenvalue weighted by Crippen LogP contribution is -2.43. The number of carboxylic acid groups (broad SMARTS) is 1. The van der Waals surface area contributed by atoms with Gasteiger partial charge in [-0.2, -0.15) is 13.2 Å². The molecule has 0 saturated carbocycles. The van der Waals surface area contributed by atoms with Crippen molar-refractivity contribution in [1.82, 2.24) is 9.96 Å². The van der Waals surface area contributed by atoms with Crippen LogP contribution >= 0.6 is 0 Å². The molecule has 3 fully saturated rings. The summed E-state index contributed by atoms with van der Waals surface area (Å²) in [5.74, 6) is -1.92. The predicted octanol–water partition coefficient (Wildman–Crippen LogP) is 2.47. The molecule has 4 rings (SSSR count). The minimum absolute atomic E-state index is 0.0206. The molecule has 32 heavy (non-hydrogen) atoms. The predicted molar refractivity (Wildman–Crippen MR) is 106 cm³/mol. The summed E-state index contributed by atoms with van der Waals surface area (Å²) in [7, 11) is 1.70. The van der Waals surface area contributed by atoms with Gasteiger partial charge in [-0.25, -0.2) is 9.86 Å². The monoisotopic (exact) mass is 460 g/mol. The normalized spacial score (nSPS) is 25.6. The number of hydroxylamine groups is 2. The van der Waals surface area contributed by atoms with E-state index in [2.05, 4.69) is 11.0 Å². The first-order valence-corrected chi connectivity index (χ1v) is 10.4. The highest BCUT2D eigenvalue weighted by molar-refractivity contribution is 5.79. The molecule has 3 saturated heterocycles. The highest BCUT2D eigenvalue weighted by atomic mass is 19.4. The third kappa shape index (κ3) is 5.70. The van der Waals surface area contributed by atoms with Crippen LogP contribution in [0.1, 0.15) is 24.8 Å². The Morgan fingerprint density at radius 3 is 2.56 bits per heavy atom. The van der Waals surface area contributed by atoms with Crippen LogP contribution < -0.4 is 4.74 Å². The van der Waals surface area contributed by atoms with Crippen LogP contribution in [-0.4, -0.2) is 78.7 Å². The lowest BCUT2D eigenvalue weighted by atomic mass is 10.0. The van der Waals surface area contributed by atoms with Crippen molar-refractivity contribution in [2.75, 3.05) is 33.4 Å². The lowest BCUT2D eigenvalue weighted by Gasteiger charge is -2.29. The van der Waals surface area contributed by atoms with E-state index in [-0.39, 0.29) is 17.9 Å². The number of carbonyl (C=O) groups excluding carboxylic acids is 1. The van der Waals surface area contributed by atoms with E-state index in [4.69, 9.17) is 24.2 Å². The van der Waals surface area contributed by atoms with Crippen LogP contribution in [0.5, 0.6) is 5.75 Å². The van der Waals surface area contributed by atoms with Crippen LogP contribution in [0.15, 0.2) is 24.3 Å². The number of benzene rings is 1. The van der Waals surface area contributed by atoms with Crippen molar-refractivity contribution in [1.29, 1.82) is 0 Å². The SMILES string of the molecule is COc1ccccc1CN1C[C@H](C(=O)N2CCCCO2)[C@H]2OCC[C@H]21.O=C(O)C(F)(F)F. The number of fused-ring (bicyclic) bond motifs is 1. The van der Waals surface area contributed by atoms with E-state index in [0.29, 0.717) is 25.7 Å². The third-order valence-corrected chi connectivity index (χ3v) is 5.77. The Hall–Kier alpha value is -2.37. The molecule has 8 nitrogen and oxygen atoms in total. The maximum absolute atomic E-state index is 12.9. The van der Waals surface area contributed by atoms with Gasteiger partial charge in [0.1, 0.15) is 5.75 Å². The number of methoxy groups -OCH3 is 1. The minimum Gasteiger partial charge on any atom is -0.496 e. The number of carboxylic acids is 1. The van der Waals surface area contributed by atoms with Crippen LogP contribution in [0, 0.1) is 5.92 Å². The second kappa shape index (κ2) is 10.5. The molecular weight excluding hydrogens is 433 g/mol. The van der Waals surface area contributed by atoms with Crippen molar-refractivity contribution in [2.24, 2.45) is 5.92 Å². The molecular formula is C21H27F3N2O6. The zero-order valence-corrected chi connectivity index (χ0v) is 17.7. The number of amides is 1. The van der Waals surface area contributed by atoms with E-state index in [1.807, 2.05) is 18.2 Å². The molecule has 0 bridgehead atoms. The number of halogens is 3. The van der Waals surface area contributed by atoms with E-state index < -0.39 is 12.1 Å². The summed E-state index contributed by atoms with van der Waals surface area (Å²) >= 11 is 0. The molecule has 0 spiro atoms. The van der Waals surface area contributed by atoms with Gasteiger partial charge in [-0.05, 0) is 25.3 Å². The molecule has 1 N–H and O–H groups in total. The Labute approximate surface area is 183 Å². The third-order valence-electron chi connectivity index (χ3n) is 5.77. The highest BCUT2D eigenvalue weighted by Gasteiger charge is 2.50. The van der Waals surface area contributed by atoms with Gasteiger partial charge in [-0.15, -0.1) is 0 Å². The molecule has 3 aliphatic rings. The molecule has 0 unspecified atom stereocenters. The van der Waals surface area contributed by atoms with Gasteiger partial charge in [0.05, 0.1) is 25.7 Å². The highest BCUT2D eigenvalue weighted by Crippen LogP contribution is 2.36. The van der Waals surface area contributed by atoms with Gasteiger partial charge in [0.25, 0.3) is 5.91 Å². The number of para-hydroxylation sites is 1. The van der Waals surface area contributed by atoms with E-state index in [1.165, 1.54) is 0 Å². The number of hydrogen-bond donors (Lipinski definition) is 1. The smallest absolute Gasteiger partial charge is 0.490 e. The molecule has 178 valence electrons. The number of likely N-dealkylation sites (tertiary alicyclic amines) is 1. The molecule has 0 radical (unpaired) electrons. The zero-order valence-electron chi connectivity index (χ0n) is 17.7. The van der Waals surface area contributed by atoms with Gasteiger partial charge in [0, 0.05) is 37.8 Å². The standard InChI is InChI=1S/C19H26N2O4.C2HF3O2/c1-23-17-7-3-2-6-14(17)12-20-13-15(18-16(20)8-11-24-18)19(22)21-9-4-5-10-25-21;3-2(4,5)1(6)7/h2-3,6-7,15-16,18H,4-5,8-13H2,1H3;(H,6,7)/t15-,16+,18+;/m0./s1. The summed E-state index contributed by atoms with van der Waals surface area (Å²) in [5, 5.41) is 8.69. The number of ether oxygens (including phenoxy) is 2. The fourth-order valence-corrected chi connectivity index (χ4v) is 4.28. The van der Waals surface area contributed by atoms with Gasteiger partial charge in [0.15, 0.2) is 0 Å². The van der Waals surface area contributed by atoms with Crippen LogP contribution in [0.2, 0.25) is 0 Å². The van der Waals surface area contributed by atoms with Gasteiger partial charge in [-0.1, -0.05) is 18.2 Å². The van der Waals surface area contributed by atoms with Gasteiger partial charge >= 0.3 is 12.1 Å². The molecule has 0 aliphatic carbocycles. The van der Waals surface area contributed by atoms with Crippen LogP contribution in [0.4, 0.5) is 13.2 Å². The van der Waals surface area contributed by atoms with Crippen molar-refractivity contribution in [2.45, 2.75) is 44.1 Å². The van der Waals surface area contributed by atoms with E-state index in [9.17, 15) is 18.0 Å². The number of rotatable bonds is 4. The van der Waals surface area contributed by atoms with E-state index in [0.717, 1.165) is 43.7 Å². The van der Waals surface area contributed by atoms with Crippen LogP contribution in [0.25, 0.3) is 0 Å².